The Kier molecular flexibility index (Phi) is 6.21. The molecular weight excluding hydrogens is 352 g/mol. The number of nitriles is 1. The molecule has 1 amide bonds. The van der Waals surface area contributed by atoms with Crippen LogP contribution in [0.3, 0.4) is 0 Å². The van der Waals surface area contributed by atoms with Crippen LogP contribution < -0.4 is 15.4 Å². The number of anilines is 2. The highest BCUT2D eigenvalue weighted by molar-refractivity contribution is 6.04. The normalized spacial score (nSPS) is 10.0. The third-order valence-electron chi connectivity index (χ3n) is 4.16. The largest absolute Gasteiger partial charge is 0.496 e. The van der Waals surface area contributed by atoms with Crippen LogP contribution in [0.2, 0.25) is 0 Å². The molecule has 2 N–H and O–H groups in total. The van der Waals surface area contributed by atoms with Crippen molar-refractivity contribution in [2.75, 3.05) is 24.3 Å². The number of nitrogens with zero attached hydrogens (tertiary/aromatic N) is 2. The Bertz CT molecular complexity index is 1010. The van der Waals surface area contributed by atoms with Gasteiger partial charge in [0.15, 0.2) is 0 Å². The maximum atomic E-state index is 12.5. The van der Waals surface area contributed by atoms with Crippen LogP contribution in [0.5, 0.6) is 5.75 Å². The molecule has 0 atom stereocenters. The molecule has 0 saturated carbocycles. The van der Waals surface area contributed by atoms with Crippen molar-refractivity contribution in [2.24, 2.45) is 0 Å². The molecule has 28 heavy (non-hydrogen) atoms. The van der Waals surface area contributed by atoms with Crippen LogP contribution in [0.25, 0.3) is 0 Å². The van der Waals surface area contributed by atoms with Gasteiger partial charge in [-0.3, -0.25) is 4.79 Å². The second-order valence-corrected chi connectivity index (χ2v) is 6.07. The van der Waals surface area contributed by atoms with Crippen LogP contribution in [-0.2, 0) is 6.42 Å². The number of para-hydroxylation sites is 1. The summed E-state index contributed by atoms with van der Waals surface area (Å²) in [6, 6.07) is 20.1. The van der Waals surface area contributed by atoms with Gasteiger partial charge in [-0.05, 0) is 48.4 Å². The zero-order valence-corrected chi connectivity index (χ0v) is 15.5. The summed E-state index contributed by atoms with van der Waals surface area (Å²) in [6.45, 7) is 0.655. The predicted octanol–water partition coefficient (Wildman–Crippen LogP) is 3.87. The monoisotopic (exact) mass is 372 g/mol. The fourth-order valence-corrected chi connectivity index (χ4v) is 2.77. The smallest absolute Gasteiger partial charge is 0.255 e. The molecule has 0 spiro atoms. The Balaban J connectivity index is 1.61. The SMILES string of the molecule is COc1ccccc1CCNc1cc(C(=O)Nc2cccc(C#N)c2)ccn1. The van der Waals surface area contributed by atoms with Crippen LogP contribution >= 0.6 is 0 Å². The van der Waals surface area contributed by atoms with Crippen molar-refractivity contribution in [1.29, 1.82) is 5.26 Å². The Morgan fingerprint density at radius 2 is 2.00 bits per heavy atom. The van der Waals surface area contributed by atoms with E-state index in [9.17, 15) is 4.79 Å². The number of nitrogens with one attached hydrogen (secondary N) is 2. The Hall–Kier alpha value is -3.85. The van der Waals surface area contributed by atoms with Gasteiger partial charge in [0.05, 0.1) is 18.7 Å². The van der Waals surface area contributed by atoms with Crippen LogP contribution in [0.1, 0.15) is 21.5 Å². The number of ether oxygens (including phenoxy) is 1. The van der Waals surface area contributed by atoms with Crippen molar-refractivity contribution < 1.29 is 9.53 Å². The van der Waals surface area contributed by atoms with Gasteiger partial charge in [-0.2, -0.15) is 5.26 Å². The Morgan fingerprint density at radius 3 is 2.82 bits per heavy atom. The standard InChI is InChI=1S/C22H20N4O2/c1-28-20-8-3-2-6-17(20)9-11-24-21-14-18(10-12-25-21)22(27)26-19-7-4-5-16(13-19)15-23/h2-8,10,12-14H,9,11H2,1H3,(H,24,25)(H,26,27). The van der Waals surface area contributed by atoms with E-state index in [1.165, 1.54) is 0 Å². The highest BCUT2D eigenvalue weighted by atomic mass is 16.5. The first-order valence-electron chi connectivity index (χ1n) is 8.83. The first-order chi connectivity index (χ1) is 13.7. The van der Waals surface area contributed by atoms with Crippen molar-refractivity contribution in [1.82, 2.24) is 4.98 Å². The maximum Gasteiger partial charge on any atom is 0.255 e. The topological polar surface area (TPSA) is 87.0 Å². The fraction of sp³-hybridized carbons (Fsp3) is 0.136. The third-order valence-corrected chi connectivity index (χ3v) is 4.16. The summed E-state index contributed by atoms with van der Waals surface area (Å²) in [5, 5.41) is 15.0. The highest BCUT2D eigenvalue weighted by Crippen LogP contribution is 2.18. The molecule has 0 unspecified atom stereocenters. The van der Waals surface area contributed by atoms with E-state index in [-0.39, 0.29) is 5.91 Å². The molecule has 140 valence electrons. The van der Waals surface area contributed by atoms with E-state index >= 15 is 0 Å². The molecule has 0 bridgehead atoms. The number of pyridine rings is 1. The molecule has 0 aliphatic rings. The average molecular weight is 372 g/mol. The van der Waals surface area contributed by atoms with Gasteiger partial charge in [0.2, 0.25) is 0 Å². The fourth-order valence-electron chi connectivity index (χ4n) is 2.77. The number of hydrogen-bond acceptors (Lipinski definition) is 5. The first-order valence-corrected chi connectivity index (χ1v) is 8.83. The van der Waals surface area contributed by atoms with E-state index in [4.69, 9.17) is 10.00 Å². The maximum absolute atomic E-state index is 12.5. The molecule has 0 saturated heterocycles. The zero-order valence-electron chi connectivity index (χ0n) is 15.5. The zero-order chi connectivity index (χ0) is 19.8. The van der Waals surface area contributed by atoms with Gasteiger partial charge in [0.25, 0.3) is 5.91 Å². The predicted molar refractivity (Wildman–Crippen MR) is 109 cm³/mol. The van der Waals surface area contributed by atoms with Gasteiger partial charge in [-0.25, -0.2) is 4.98 Å². The van der Waals surface area contributed by atoms with Crippen LogP contribution in [0.4, 0.5) is 11.5 Å². The summed E-state index contributed by atoms with van der Waals surface area (Å²) in [4.78, 5) is 16.7. The van der Waals surface area contributed by atoms with Gasteiger partial charge in [-0.15, -0.1) is 0 Å². The summed E-state index contributed by atoms with van der Waals surface area (Å²) >= 11 is 0. The number of carbonyl (C=O) groups excluding carboxylic acids is 1. The minimum atomic E-state index is -0.259. The molecule has 0 fully saturated rings. The van der Waals surface area contributed by atoms with Crippen LogP contribution in [0, 0.1) is 11.3 Å². The van der Waals surface area contributed by atoms with Crippen molar-refractivity contribution in [2.45, 2.75) is 6.42 Å². The number of benzene rings is 2. The molecule has 3 rings (SSSR count). The van der Waals surface area contributed by atoms with Gasteiger partial charge in [0.1, 0.15) is 11.6 Å². The molecular formula is C22H20N4O2. The van der Waals surface area contributed by atoms with Crippen molar-refractivity contribution in [3.63, 3.8) is 0 Å². The lowest BCUT2D eigenvalue weighted by Gasteiger charge is -2.10. The number of aromatic nitrogens is 1. The first kappa shape index (κ1) is 18.9. The summed E-state index contributed by atoms with van der Waals surface area (Å²) in [5.41, 5.74) is 2.65. The minimum absolute atomic E-state index is 0.259. The Labute approximate surface area is 163 Å². The molecule has 3 aromatic rings. The molecule has 0 radical (unpaired) electrons. The molecule has 2 aromatic carbocycles. The quantitative estimate of drug-likeness (QED) is 0.657. The van der Waals surface area contributed by atoms with Gasteiger partial charge in [0, 0.05) is 24.0 Å². The Morgan fingerprint density at radius 1 is 1.14 bits per heavy atom. The van der Waals surface area contributed by atoms with Crippen LogP contribution in [0.15, 0.2) is 66.9 Å². The molecule has 1 aromatic heterocycles. The van der Waals surface area contributed by atoms with E-state index in [1.807, 2.05) is 24.3 Å². The third kappa shape index (κ3) is 4.86. The lowest BCUT2D eigenvalue weighted by molar-refractivity contribution is 0.102. The number of amides is 1. The van der Waals surface area contributed by atoms with E-state index in [2.05, 4.69) is 21.7 Å². The lowest BCUT2D eigenvalue weighted by Crippen LogP contribution is -2.13. The van der Waals surface area contributed by atoms with Crippen LogP contribution in [-0.4, -0.2) is 24.5 Å². The van der Waals surface area contributed by atoms with Crippen molar-refractivity contribution >= 4 is 17.4 Å². The molecule has 0 aliphatic heterocycles. The number of carbonyl (C=O) groups is 1. The summed E-state index contributed by atoms with van der Waals surface area (Å²) in [6.07, 6.45) is 2.36. The average Bonchev–Trinajstić information content (AvgIpc) is 2.74. The van der Waals surface area contributed by atoms with Gasteiger partial charge < -0.3 is 15.4 Å². The van der Waals surface area contributed by atoms with Gasteiger partial charge >= 0.3 is 0 Å². The van der Waals surface area contributed by atoms with Crippen molar-refractivity contribution in [3.05, 3.63) is 83.6 Å². The molecule has 0 aliphatic carbocycles. The number of rotatable bonds is 7. The summed E-state index contributed by atoms with van der Waals surface area (Å²) in [7, 11) is 1.65. The van der Waals surface area contributed by atoms with Crippen molar-refractivity contribution in [3.8, 4) is 11.8 Å². The highest BCUT2D eigenvalue weighted by Gasteiger charge is 2.08. The van der Waals surface area contributed by atoms with E-state index in [0.29, 0.717) is 29.2 Å². The molecule has 6 heteroatoms. The second-order valence-electron chi connectivity index (χ2n) is 6.07. The number of hydrogen-bond donors (Lipinski definition) is 2. The number of methoxy groups -OCH3 is 1. The summed E-state index contributed by atoms with van der Waals surface area (Å²) in [5.74, 6) is 1.21. The summed E-state index contributed by atoms with van der Waals surface area (Å²) < 4.78 is 5.36. The van der Waals surface area contributed by atoms with E-state index in [1.54, 1.807) is 49.7 Å². The minimum Gasteiger partial charge on any atom is -0.496 e. The lowest BCUT2D eigenvalue weighted by atomic mass is 10.1. The second kappa shape index (κ2) is 9.19. The molecule has 6 nitrogen and oxygen atoms in total. The van der Waals surface area contributed by atoms with Gasteiger partial charge in [-0.1, -0.05) is 24.3 Å². The van der Waals surface area contributed by atoms with E-state index < -0.39 is 0 Å². The molecule has 1 heterocycles. The van der Waals surface area contributed by atoms with E-state index in [0.717, 1.165) is 17.7 Å².